The van der Waals surface area contributed by atoms with Gasteiger partial charge in [-0.3, -0.25) is 14.8 Å². The molecule has 2 heterocycles. The quantitative estimate of drug-likeness (QED) is 0.682. The second-order valence-electron chi connectivity index (χ2n) is 2.33. The first-order valence-electron chi connectivity index (χ1n) is 3.34. The molecule has 0 atom stereocenters. The molecule has 2 aromatic heterocycles. The summed E-state index contributed by atoms with van der Waals surface area (Å²) in [6.45, 7) is 0. The predicted molar refractivity (Wildman–Crippen MR) is 58.4 cm³/mol. The van der Waals surface area contributed by atoms with Crippen molar-refractivity contribution >= 4 is 34.9 Å². The smallest absolute Gasteiger partial charge is 0.307 e. The third-order valence-corrected chi connectivity index (χ3v) is 1.54. The van der Waals surface area contributed by atoms with Gasteiger partial charge in [0.2, 0.25) is 0 Å². The van der Waals surface area contributed by atoms with Gasteiger partial charge in [-0.15, -0.1) is 24.0 Å². The number of hydrogen-bond donors (Lipinski definition) is 2. The highest BCUT2D eigenvalue weighted by atomic mass is 127. The number of nitrogens with one attached hydrogen (secondary N) is 2. The number of nitrogens with zero attached hydrogens (tertiary/aromatic N) is 1. The lowest BCUT2D eigenvalue weighted by Gasteiger charge is -1.92. The minimum atomic E-state index is -0.501. The van der Waals surface area contributed by atoms with Crippen LogP contribution in [0.1, 0.15) is 0 Å². The second-order valence-corrected chi connectivity index (χ2v) is 2.33. The average Bonchev–Trinajstić information content (AvgIpc) is 2.04. The van der Waals surface area contributed by atoms with E-state index in [1.807, 2.05) is 0 Å². The zero-order valence-electron chi connectivity index (χ0n) is 6.40. The molecule has 0 aliphatic rings. The van der Waals surface area contributed by atoms with Gasteiger partial charge in [0.05, 0.1) is 10.9 Å². The maximum Gasteiger partial charge on any atom is 0.326 e. The van der Waals surface area contributed by atoms with E-state index in [2.05, 4.69) is 15.0 Å². The molecular weight excluding hydrogens is 285 g/mol. The Morgan fingerprint density at radius 3 is 2.77 bits per heavy atom. The van der Waals surface area contributed by atoms with Gasteiger partial charge < -0.3 is 4.98 Å². The molecule has 68 valence electrons. The van der Waals surface area contributed by atoms with Crippen molar-refractivity contribution in [3.8, 4) is 0 Å². The third-order valence-electron chi connectivity index (χ3n) is 1.54. The zero-order valence-corrected chi connectivity index (χ0v) is 8.73. The van der Waals surface area contributed by atoms with Crippen LogP contribution in [0.2, 0.25) is 0 Å². The highest BCUT2D eigenvalue weighted by Gasteiger charge is 1.97. The van der Waals surface area contributed by atoms with Gasteiger partial charge in [-0.25, -0.2) is 4.79 Å². The summed E-state index contributed by atoms with van der Waals surface area (Å²) >= 11 is 0. The summed E-state index contributed by atoms with van der Waals surface area (Å²) in [7, 11) is 0. The molecule has 0 aliphatic heterocycles. The van der Waals surface area contributed by atoms with Crippen molar-refractivity contribution in [2.45, 2.75) is 0 Å². The van der Waals surface area contributed by atoms with E-state index in [0.717, 1.165) is 0 Å². The molecule has 0 radical (unpaired) electrons. The van der Waals surface area contributed by atoms with E-state index in [1.165, 1.54) is 12.4 Å². The number of rotatable bonds is 0. The fourth-order valence-electron chi connectivity index (χ4n) is 1.01. The van der Waals surface area contributed by atoms with Crippen LogP contribution >= 0.6 is 24.0 Å². The molecule has 0 saturated carbocycles. The van der Waals surface area contributed by atoms with E-state index in [9.17, 15) is 9.59 Å². The number of aromatic amines is 2. The number of hydrogen-bond acceptors (Lipinski definition) is 3. The first-order chi connectivity index (χ1) is 5.77. The molecule has 0 amide bonds. The molecule has 2 N–H and O–H groups in total. The number of aromatic nitrogens is 3. The Labute approximate surface area is 89.2 Å². The van der Waals surface area contributed by atoms with E-state index in [1.54, 1.807) is 6.07 Å². The summed E-state index contributed by atoms with van der Waals surface area (Å²) in [5.41, 5.74) is -0.417. The number of H-pyrrole nitrogens is 2. The van der Waals surface area contributed by atoms with Crippen LogP contribution in [-0.4, -0.2) is 15.0 Å². The molecule has 5 nitrogen and oxygen atoms in total. The van der Waals surface area contributed by atoms with Gasteiger partial charge in [-0.05, 0) is 6.07 Å². The van der Waals surface area contributed by atoms with Crippen molar-refractivity contribution in [1.29, 1.82) is 0 Å². The summed E-state index contributed by atoms with van der Waals surface area (Å²) in [5, 5.41) is 0.386. The Balaban J connectivity index is 0.000000845. The monoisotopic (exact) mass is 291 g/mol. The first kappa shape index (κ1) is 9.90. The highest BCUT2D eigenvalue weighted by molar-refractivity contribution is 14.0. The van der Waals surface area contributed by atoms with Gasteiger partial charge >= 0.3 is 5.69 Å². The standard InChI is InChI=1S/C7H5N3O2.HI/c11-6-4-3-8-2-1-5(4)9-7(12)10-6;/h1-3H,(H2,9,10,11,12);1H. The molecule has 0 spiro atoms. The lowest BCUT2D eigenvalue weighted by molar-refractivity contribution is 1.08. The molecule has 0 unspecified atom stereocenters. The summed E-state index contributed by atoms with van der Waals surface area (Å²) < 4.78 is 0. The number of pyridine rings is 1. The normalized spacial score (nSPS) is 9.54. The van der Waals surface area contributed by atoms with E-state index >= 15 is 0 Å². The first-order valence-corrected chi connectivity index (χ1v) is 3.34. The Bertz CT molecular complexity index is 531. The largest absolute Gasteiger partial charge is 0.326 e. The Kier molecular flexibility index (Phi) is 2.81. The van der Waals surface area contributed by atoms with Crippen molar-refractivity contribution in [2.75, 3.05) is 0 Å². The summed E-state index contributed by atoms with van der Waals surface area (Å²) in [6, 6.07) is 1.58. The fourth-order valence-corrected chi connectivity index (χ4v) is 1.01. The van der Waals surface area contributed by atoms with Gasteiger partial charge in [-0.2, -0.15) is 0 Å². The second kappa shape index (κ2) is 3.69. The van der Waals surface area contributed by atoms with E-state index in [-0.39, 0.29) is 24.0 Å². The maximum atomic E-state index is 11.1. The lowest BCUT2D eigenvalue weighted by Crippen LogP contribution is -2.21. The van der Waals surface area contributed by atoms with E-state index in [4.69, 9.17) is 0 Å². The molecule has 0 aliphatic carbocycles. The fraction of sp³-hybridized carbons (Fsp3) is 0. The lowest BCUT2D eigenvalue weighted by atomic mass is 10.3. The van der Waals surface area contributed by atoms with Crippen LogP contribution in [-0.2, 0) is 0 Å². The van der Waals surface area contributed by atoms with Gasteiger partial charge in [0.25, 0.3) is 5.56 Å². The summed E-state index contributed by atoms with van der Waals surface area (Å²) in [5.74, 6) is 0. The van der Waals surface area contributed by atoms with Crippen LogP contribution in [0, 0.1) is 0 Å². The number of halogens is 1. The molecule has 0 aromatic carbocycles. The van der Waals surface area contributed by atoms with Crippen molar-refractivity contribution in [3.05, 3.63) is 39.3 Å². The molecular formula is C7H6IN3O2. The molecule has 2 rings (SSSR count). The van der Waals surface area contributed by atoms with Gasteiger partial charge in [0.1, 0.15) is 0 Å². The van der Waals surface area contributed by atoms with Crippen molar-refractivity contribution in [1.82, 2.24) is 15.0 Å². The minimum Gasteiger partial charge on any atom is -0.307 e. The van der Waals surface area contributed by atoms with Crippen LogP contribution in [0.3, 0.4) is 0 Å². The van der Waals surface area contributed by atoms with Gasteiger partial charge in [0.15, 0.2) is 0 Å². The third kappa shape index (κ3) is 1.77. The number of fused-ring (bicyclic) bond motifs is 1. The van der Waals surface area contributed by atoms with Crippen LogP contribution < -0.4 is 11.2 Å². The zero-order chi connectivity index (χ0) is 8.55. The average molecular weight is 291 g/mol. The Morgan fingerprint density at radius 2 is 2.00 bits per heavy atom. The molecule has 0 fully saturated rings. The SMILES string of the molecule is I.O=c1[nH]c(=O)c2cnccc2[nH]1. The minimum absolute atomic E-state index is 0. The predicted octanol–water partition coefficient (Wildman–Crippen LogP) is 0.229. The molecule has 2 aromatic rings. The van der Waals surface area contributed by atoms with Crippen molar-refractivity contribution in [2.24, 2.45) is 0 Å². The van der Waals surface area contributed by atoms with Crippen molar-refractivity contribution in [3.63, 3.8) is 0 Å². The Morgan fingerprint density at radius 1 is 1.23 bits per heavy atom. The van der Waals surface area contributed by atoms with Crippen molar-refractivity contribution < 1.29 is 0 Å². The van der Waals surface area contributed by atoms with Crippen LogP contribution in [0.15, 0.2) is 28.0 Å². The topological polar surface area (TPSA) is 78.6 Å². The molecule has 0 saturated heterocycles. The van der Waals surface area contributed by atoms with E-state index in [0.29, 0.717) is 10.9 Å². The Hall–Kier alpha value is -1.18. The molecule has 13 heavy (non-hydrogen) atoms. The van der Waals surface area contributed by atoms with Gasteiger partial charge in [-0.1, -0.05) is 0 Å². The van der Waals surface area contributed by atoms with E-state index < -0.39 is 11.2 Å². The molecule has 6 heteroatoms. The van der Waals surface area contributed by atoms with Crippen LogP contribution in [0.5, 0.6) is 0 Å². The maximum absolute atomic E-state index is 11.1. The summed E-state index contributed by atoms with van der Waals surface area (Å²) in [4.78, 5) is 30.2. The summed E-state index contributed by atoms with van der Waals surface area (Å²) in [6.07, 6.45) is 2.92. The highest BCUT2D eigenvalue weighted by Crippen LogP contribution is 1.98. The van der Waals surface area contributed by atoms with Gasteiger partial charge in [0, 0.05) is 12.4 Å². The van der Waals surface area contributed by atoms with Crippen LogP contribution in [0.4, 0.5) is 0 Å². The molecule has 0 bridgehead atoms. The van der Waals surface area contributed by atoms with Crippen LogP contribution in [0.25, 0.3) is 10.9 Å².